The highest BCUT2D eigenvalue weighted by atomic mass is 32.2. The SMILES string of the molecule is COc1c(-c2ccoc2)cc([N+](=O)[O-])cc1-c1ccc2cc(NS(C)(=O)=O)ccc2c1. The Morgan fingerprint density at radius 2 is 1.65 bits per heavy atom. The molecule has 0 unspecified atom stereocenters. The minimum atomic E-state index is -3.38. The number of ether oxygens (including phenoxy) is 1. The standard InChI is InChI=1S/C22H18N2O6S/c1-29-22-20(11-19(24(25)26)12-21(22)17-7-8-30-13-17)16-4-3-15-10-18(23-31(2,27)28)6-5-14(15)9-16/h3-13,23H,1-2H3. The van der Waals surface area contributed by atoms with Crippen molar-refractivity contribution in [3.63, 3.8) is 0 Å². The highest BCUT2D eigenvalue weighted by Gasteiger charge is 2.20. The molecule has 0 atom stereocenters. The fraction of sp³-hybridized carbons (Fsp3) is 0.0909. The van der Waals surface area contributed by atoms with Crippen LogP contribution >= 0.6 is 0 Å². The molecule has 4 aromatic rings. The van der Waals surface area contributed by atoms with Gasteiger partial charge < -0.3 is 9.15 Å². The van der Waals surface area contributed by atoms with Crippen LogP contribution in [0.4, 0.5) is 11.4 Å². The molecule has 8 nitrogen and oxygen atoms in total. The van der Waals surface area contributed by atoms with Crippen molar-refractivity contribution in [2.75, 3.05) is 18.1 Å². The monoisotopic (exact) mass is 438 g/mol. The quantitative estimate of drug-likeness (QED) is 0.333. The topological polar surface area (TPSA) is 112 Å². The lowest BCUT2D eigenvalue weighted by molar-refractivity contribution is -0.384. The Bertz CT molecular complexity index is 1400. The predicted octanol–water partition coefficient (Wildman–Crippen LogP) is 5.06. The molecule has 0 saturated heterocycles. The summed E-state index contributed by atoms with van der Waals surface area (Å²) in [6.45, 7) is 0. The first-order chi connectivity index (χ1) is 14.7. The van der Waals surface area contributed by atoms with Gasteiger partial charge in [0.25, 0.3) is 5.69 Å². The van der Waals surface area contributed by atoms with E-state index in [0.29, 0.717) is 28.1 Å². The maximum atomic E-state index is 11.6. The molecule has 0 aliphatic rings. The molecule has 3 aromatic carbocycles. The van der Waals surface area contributed by atoms with Crippen molar-refractivity contribution in [2.24, 2.45) is 0 Å². The molecule has 1 heterocycles. The number of nitrogens with one attached hydrogen (secondary N) is 1. The maximum Gasteiger partial charge on any atom is 0.270 e. The van der Waals surface area contributed by atoms with Gasteiger partial charge in [-0.2, -0.15) is 0 Å². The lowest BCUT2D eigenvalue weighted by Gasteiger charge is -2.14. The van der Waals surface area contributed by atoms with E-state index < -0.39 is 14.9 Å². The number of methoxy groups -OCH3 is 1. The number of sulfonamides is 1. The first kappa shape index (κ1) is 20.4. The van der Waals surface area contributed by atoms with E-state index in [9.17, 15) is 18.5 Å². The van der Waals surface area contributed by atoms with Gasteiger partial charge in [0.15, 0.2) is 0 Å². The minimum Gasteiger partial charge on any atom is -0.495 e. The summed E-state index contributed by atoms with van der Waals surface area (Å²) in [6, 6.07) is 15.3. The van der Waals surface area contributed by atoms with Gasteiger partial charge in [0, 0.05) is 34.5 Å². The number of anilines is 1. The lowest BCUT2D eigenvalue weighted by Crippen LogP contribution is -2.09. The van der Waals surface area contributed by atoms with E-state index in [4.69, 9.17) is 9.15 Å². The van der Waals surface area contributed by atoms with Crippen molar-refractivity contribution in [1.82, 2.24) is 0 Å². The molecule has 158 valence electrons. The van der Waals surface area contributed by atoms with Crippen LogP contribution < -0.4 is 9.46 Å². The van der Waals surface area contributed by atoms with Gasteiger partial charge in [-0.15, -0.1) is 0 Å². The second-order valence-corrected chi connectivity index (χ2v) is 8.74. The van der Waals surface area contributed by atoms with Crippen molar-refractivity contribution < 1.29 is 22.5 Å². The molecule has 0 bridgehead atoms. The van der Waals surface area contributed by atoms with E-state index in [0.717, 1.165) is 22.6 Å². The molecule has 0 fully saturated rings. The van der Waals surface area contributed by atoms with E-state index >= 15 is 0 Å². The van der Waals surface area contributed by atoms with E-state index in [1.54, 1.807) is 24.3 Å². The lowest BCUT2D eigenvalue weighted by atomic mass is 9.95. The predicted molar refractivity (Wildman–Crippen MR) is 119 cm³/mol. The Morgan fingerprint density at radius 1 is 0.968 bits per heavy atom. The van der Waals surface area contributed by atoms with Gasteiger partial charge in [0.05, 0.1) is 30.8 Å². The Balaban J connectivity index is 1.88. The van der Waals surface area contributed by atoms with E-state index in [1.165, 1.54) is 31.8 Å². The number of hydrogen-bond acceptors (Lipinski definition) is 6. The van der Waals surface area contributed by atoms with Gasteiger partial charge in [-0.05, 0) is 40.6 Å². The van der Waals surface area contributed by atoms with Crippen molar-refractivity contribution in [3.8, 4) is 28.0 Å². The van der Waals surface area contributed by atoms with Crippen LogP contribution in [0.3, 0.4) is 0 Å². The summed E-state index contributed by atoms with van der Waals surface area (Å²) in [4.78, 5) is 11.1. The third-order valence-electron chi connectivity index (χ3n) is 4.78. The molecule has 0 radical (unpaired) electrons. The minimum absolute atomic E-state index is 0.0696. The average Bonchev–Trinajstić information content (AvgIpc) is 3.26. The number of non-ortho nitro benzene ring substituents is 1. The van der Waals surface area contributed by atoms with Crippen LogP contribution in [0.2, 0.25) is 0 Å². The van der Waals surface area contributed by atoms with Crippen LogP contribution in [0, 0.1) is 10.1 Å². The van der Waals surface area contributed by atoms with Crippen LogP contribution in [0.5, 0.6) is 5.75 Å². The number of furan rings is 1. The van der Waals surface area contributed by atoms with Gasteiger partial charge in [-0.1, -0.05) is 18.2 Å². The average molecular weight is 438 g/mol. The molecular formula is C22H18N2O6S. The van der Waals surface area contributed by atoms with E-state index in [1.807, 2.05) is 18.2 Å². The highest BCUT2D eigenvalue weighted by molar-refractivity contribution is 7.92. The smallest absolute Gasteiger partial charge is 0.270 e. The third kappa shape index (κ3) is 4.22. The molecule has 31 heavy (non-hydrogen) atoms. The number of nitrogens with zero attached hydrogens (tertiary/aromatic N) is 1. The van der Waals surface area contributed by atoms with E-state index in [2.05, 4.69) is 4.72 Å². The third-order valence-corrected chi connectivity index (χ3v) is 5.38. The molecule has 0 aliphatic carbocycles. The Morgan fingerprint density at radius 3 is 2.26 bits per heavy atom. The Kier molecular flexibility index (Phi) is 5.12. The van der Waals surface area contributed by atoms with Crippen LogP contribution in [0.15, 0.2) is 71.5 Å². The summed E-state index contributed by atoms with van der Waals surface area (Å²) >= 11 is 0. The summed E-state index contributed by atoms with van der Waals surface area (Å²) in [5, 5.41) is 13.2. The normalized spacial score (nSPS) is 11.4. The van der Waals surface area contributed by atoms with Gasteiger partial charge in [0.2, 0.25) is 10.0 Å². The number of benzene rings is 3. The molecule has 4 rings (SSSR count). The molecule has 0 spiro atoms. The Hall–Kier alpha value is -3.85. The zero-order valence-electron chi connectivity index (χ0n) is 16.7. The van der Waals surface area contributed by atoms with Crippen LogP contribution in [0.1, 0.15) is 0 Å². The molecule has 0 amide bonds. The summed E-state index contributed by atoms with van der Waals surface area (Å²) in [5.41, 5.74) is 2.89. The first-order valence-corrected chi connectivity index (χ1v) is 11.1. The number of nitro benzene ring substituents is 1. The zero-order valence-corrected chi connectivity index (χ0v) is 17.5. The molecular weight excluding hydrogens is 420 g/mol. The second kappa shape index (κ2) is 7.77. The summed E-state index contributed by atoms with van der Waals surface area (Å²) < 4.78 is 36.2. The summed E-state index contributed by atoms with van der Waals surface area (Å²) in [5.74, 6) is 0.488. The molecule has 1 N–H and O–H groups in total. The molecule has 9 heteroatoms. The zero-order chi connectivity index (χ0) is 22.2. The van der Waals surface area contributed by atoms with E-state index in [-0.39, 0.29) is 5.69 Å². The van der Waals surface area contributed by atoms with Crippen molar-refractivity contribution in [3.05, 3.63) is 77.2 Å². The fourth-order valence-corrected chi connectivity index (χ4v) is 4.03. The number of rotatable bonds is 6. The van der Waals surface area contributed by atoms with Gasteiger partial charge in [-0.25, -0.2) is 8.42 Å². The maximum absolute atomic E-state index is 11.6. The van der Waals surface area contributed by atoms with Crippen molar-refractivity contribution in [2.45, 2.75) is 0 Å². The summed E-state index contributed by atoms with van der Waals surface area (Å²) in [6.07, 6.45) is 4.08. The van der Waals surface area contributed by atoms with Crippen LogP contribution in [-0.4, -0.2) is 26.7 Å². The van der Waals surface area contributed by atoms with Crippen LogP contribution in [0.25, 0.3) is 33.0 Å². The fourth-order valence-electron chi connectivity index (χ4n) is 3.48. The van der Waals surface area contributed by atoms with Crippen LogP contribution in [-0.2, 0) is 10.0 Å². The number of fused-ring (bicyclic) bond motifs is 1. The van der Waals surface area contributed by atoms with Gasteiger partial charge >= 0.3 is 0 Å². The summed E-state index contributed by atoms with van der Waals surface area (Å²) in [7, 11) is -1.87. The highest BCUT2D eigenvalue weighted by Crippen LogP contribution is 2.43. The Labute approximate surface area is 178 Å². The van der Waals surface area contributed by atoms with Crippen molar-refractivity contribution in [1.29, 1.82) is 0 Å². The molecule has 0 saturated carbocycles. The number of hydrogen-bond donors (Lipinski definition) is 1. The first-order valence-electron chi connectivity index (χ1n) is 9.16. The second-order valence-electron chi connectivity index (χ2n) is 6.99. The molecule has 1 aromatic heterocycles. The largest absolute Gasteiger partial charge is 0.495 e. The van der Waals surface area contributed by atoms with Gasteiger partial charge in [0.1, 0.15) is 5.75 Å². The van der Waals surface area contributed by atoms with Gasteiger partial charge in [-0.3, -0.25) is 14.8 Å². The molecule has 0 aliphatic heterocycles. The van der Waals surface area contributed by atoms with Crippen molar-refractivity contribution >= 4 is 32.2 Å². The number of nitro groups is 1.